The molecule has 468 valence electrons. The summed E-state index contributed by atoms with van der Waals surface area (Å²) in [6.45, 7) is 12.5. The second-order valence-corrected chi connectivity index (χ2v) is 24.2. The summed E-state index contributed by atoms with van der Waals surface area (Å²) >= 11 is 5.77. The van der Waals surface area contributed by atoms with Crippen LogP contribution in [0.15, 0.2) is 53.9 Å². The lowest BCUT2D eigenvalue weighted by molar-refractivity contribution is -0.265. The van der Waals surface area contributed by atoms with Crippen LogP contribution in [0.4, 0.5) is 5.82 Å². The van der Waals surface area contributed by atoms with Gasteiger partial charge in [0.25, 0.3) is 11.7 Å². The first-order valence-electron chi connectivity index (χ1n) is 29.6. The molecule has 23 heteroatoms. The highest BCUT2D eigenvalue weighted by Gasteiger charge is 2.53. The Labute approximate surface area is 498 Å². The molecule has 0 unspecified atom stereocenters. The van der Waals surface area contributed by atoms with E-state index in [9.17, 15) is 44.4 Å². The number of aliphatic hydroxyl groups is 5. The maximum absolute atomic E-state index is 14.4. The van der Waals surface area contributed by atoms with Gasteiger partial charge in [-0.2, -0.15) is 9.97 Å². The number of nitrogen functional groups attached to an aromatic ring is 1. The highest BCUT2D eigenvalue weighted by Crippen LogP contribution is 2.38. The Balaban J connectivity index is 0.000000496. The topological polar surface area (TPSA) is 315 Å². The molecule has 7 rings (SSSR count). The van der Waals surface area contributed by atoms with Crippen LogP contribution in [-0.2, 0) is 52.4 Å². The number of cyclic esters (lactones) is 1. The number of aromatic nitrogens is 4. The molecule has 2 aromatic rings. The van der Waals surface area contributed by atoms with Crippen LogP contribution in [0, 0.1) is 35.5 Å². The first-order chi connectivity index (χ1) is 39.8. The molecule has 4 aliphatic heterocycles. The van der Waals surface area contributed by atoms with Crippen molar-refractivity contribution in [1.82, 2.24) is 24.4 Å². The Kier molecular flexibility index (Phi) is 25.3. The van der Waals surface area contributed by atoms with Crippen LogP contribution in [0.1, 0.15) is 138 Å². The fraction of sp³-hybridized carbons (Fsp3) is 0.705. The number of Topliss-reactive ketones (excluding diaryl/α,β-unsaturated/α-hetero) is 3. The summed E-state index contributed by atoms with van der Waals surface area (Å²) in [6.07, 6.45) is 11.2. The molecule has 4 fully saturated rings. The number of ether oxygens (including phenoxy) is 6. The molecule has 18 atom stereocenters. The molecule has 84 heavy (non-hydrogen) atoms. The maximum Gasteiger partial charge on any atom is 0.329 e. The van der Waals surface area contributed by atoms with Crippen molar-refractivity contribution in [2.75, 3.05) is 40.2 Å². The lowest BCUT2D eigenvalue weighted by Gasteiger charge is -2.42. The van der Waals surface area contributed by atoms with E-state index >= 15 is 0 Å². The molecule has 0 radical (unpaired) electrons. The number of methoxy groups -OCH3 is 3. The van der Waals surface area contributed by atoms with Crippen molar-refractivity contribution in [3.05, 3.63) is 59.2 Å². The monoisotopic (exact) mass is 1200 g/mol. The number of rotatable bonds is 8. The second-order valence-electron chi connectivity index (χ2n) is 23.9. The Morgan fingerprint density at radius 1 is 0.869 bits per heavy atom. The highest BCUT2D eigenvalue weighted by atomic mass is 35.5. The number of hydrogen-bond acceptors (Lipinski definition) is 20. The zero-order valence-electron chi connectivity index (χ0n) is 50.4. The predicted molar refractivity (Wildman–Crippen MR) is 312 cm³/mol. The first kappa shape index (κ1) is 68.3. The summed E-state index contributed by atoms with van der Waals surface area (Å²) in [5, 5.41) is 52.7. The predicted octanol–water partition coefficient (Wildman–Crippen LogP) is 5.88. The summed E-state index contributed by atoms with van der Waals surface area (Å²) in [4.78, 5) is 83.8. The van der Waals surface area contributed by atoms with Crippen molar-refractivity contribution in [2.24, 2.45) is 35.5 Å². The number of nitrogens with two attached hydrogens (primary N) is 1. The number of amides is 1. The van der Waals surface area contributed by atoms with Crippen molar-refractivity contribution in [1.29, 1.82) is 0 Å². The molecule has 5 aliphatic rings. The van der Waals surface area contributed by atoms with E-state index in [2.05, 4.69) is 15.0 Å². The first-order valence-corrected chi connectivity index (χ1v) is 30.0. The van der Waals surface area contributed by atoms with E-state index in [0.29, 0.717) is 80.9 Å². The van der Waals surface area contributed by atoms with Crippen LogP contribution in [0.5, 0.6) is 0 Å². The van der Waals surface area contributed by atoms with Gasteiger partial charge in [-0.05, 0) is 119 Å². The van der Waals surface area contributed by atoms with E-state index in [1.54, 1.807) is 45.6 Å². The molecule has 6 heterocycles. The summed E-state index contributed by atoms with van der Waals surface area (Å²) in [6, 6.07) is -1.14. The number of hydrogen-bond donors (Lipinski definition) is 6. The molecule has 1 amide bonds. The number of halogens is 1. The number of esters is 1. The smallest absolute Gasteiger partial charge is 0.329 e. The average Bonchev–Trinajstić information content (AvgIpc) is 2.34. The van der Waals surface area contributed by atoms with Crippen LogP contribution < -0.4 is 5.73 Å². The SMILES string of the molecule is CO[C@H]1C[C@@H]2CC[C@@H](C)[C@@](O)(O2)C(=O)C(=O)N2CCCC[C@H]2C(=O)O[C@H]([C@H](C)C[C@@H]2CC[C@@H](O)[C@H](OC)C2)CC(=O)[C@H](C)/C=C(\C)[C@@H](O)[C@@H](OC)C(=O)[C@H](C)C[C@H](C)/C=C/C=C/C=C/1C.Nc1nc(Cl)nc2c1ncn2[C@H]1C[C@H](O)[C@@H](CO)O1. The molecule has 2 bridgehead atoms. The third-order valence-corrected chi connectivity index (χ3v) is 17.8. The number of aliphatic hydroxyl groups excluding tert-OH is 4. The number of carbonyl (C=O) groups excluding carboxylic acids is 5. The number of piperidine rings is 1. The summed E-state index contributed by atoms with van der Waals surface area (Å²) in [5.41, 5.74) is 7.84. The van der Waals surface area contributed by atoms with Gasteiger partial charge in [-0.25, -0.2) is 9.78 Å². The van der Waals surface area contributed by atoms with Gasteiger partial charge in [0.1, 0.15) is 48.0 Å². The van der Waals surface area contributed by atoms with E-state index < -0.39 is 102 Å². The van der Waals surface area contributed by atoms with Crippen LogP contribution in [-0.4, -0.2) is 180 Å². The molecule has 22 nitrogen and oxygen atoms in total. The average molecular weight is 1200 g/mol. The van der Waals surface area contributed by atoms with E-state index in [1.165, 1.54) is 18.3 Å². The van der Waals surface area contributed by atoms with Crippen LogP contribution >= 0.6 is 11.6 Å². The molecule has 0 spiro atoms. The lowest BCUT2D eigenvalue weighted by atomic mass is 9.78. The molecular weight excluding hydrogens is 1110 g/mol. The third kappa shape index (κ3) is 17.0. The quantitative estimate of drug-likeness (QED) is 0.0777. The summed E-state index contributed by atoms with van der Waals surface area (Å²) in [5.74, 6) is -7.77. The van der Waals surface area contributed by atoms with Gasteiger partial charge in [0.2, 0.25) is 11.1 Å². The zero-order valence-corrected chi connectivity index (χ0v) is 51.1. The standard InChI is InChI=1S/C51H79NO13.C10H12ClN5O3/c1-30-16-12-11-13-17-31(2)42(61-8)28-38-21-19-36(7)51(60,65-38)48(57)49(58)52-23-15-14-18-39(52)50(59)64-43(33(4)26-37-20-22-40(53)44(27-37)62-9)29-41(54)32(3)25-35(6)46(56)47(63-10)45(55)34(5)24-30;11-10-14-8(12)7-9(15-10)16(3-13-7)6-1-4(18)5(2-17)19-6/h11-13,16-17,25,30,32-34,36-40,42-44,46-47,53,56,60H,14-15,18-24,26-29H2,1-10H3;3-6,17-18H,1-2H2,(H2,12,14,15)/b13-11+,16-12+,31-17+,35-25+;/t30-,32-,33-,34-,36-,37+,38+,39+,40-,42+,43+,44-,46-,47+,51-;4-,5+,6+/m10/s1. The normalized spacial score (nSPS) is 37.4. The van der Waals surface area contributed by atoms with E-state index in [1.807, 2.05) is 58.1 Å². The van der Waals surface area contributed by atoms with Crippen LogP contribution in [0.25, 0.3) is 11.2 Å². The largest absolute Gasteiger partial charge is 0.460 e. The van der Waals surface area contributed by atoms with Crippen molar-refractivity contribution in [3.63, 3.8) is 0 Å². The van der Waals surface area contributed by atoms with Crippen molar-refractivity contribution >= 4 is 57.8 Å². The van der Waals surface area contributed by atoms with Crippen LogP contribution in [0.3, 0.4) is 0 Å². The van der Waals surface area contributed by atoms with Crippen LogP contribution in [0.2, 0.25) is 5.28 Å². The zero-order chi connectivity index (χ0) is 61.7. The lowest BCUT2D eigenvalue weighted by Crippen LogP contribution is -2.61. The van der Waals surface area contributed by atoms with E-state index in [4.69, 9.17) is 50.9 Å². The van der Waals surface area contributed by atoms with Gasteiger partial charge >= 0.3 is 5.97 Å². The minimum Gasteiger partial charge on any atom is -0.460 e. The Hall–Kier alpha value is -4.85. The van der Waals surface area contributed by atoms with Crippen molar-refractivity contribution < 1.29 is 77.9 Å². The molecule has 1 aliphatic carbocycles. The number of carbonyl (C=O) groups is 5. The maximum atomic E-state index is 14.4. The summed E-state index contributed by atoms with van der Waals surface area (Å²) in [7, 11) is 4.52. The third-order valence-electron chi connectivity index (χ3n) is 17.6. The molecule has 1 saturated carbocycles. The molecule has 7 N–H and O–H groups in total. The molecule has 2 aromatic heterocycles. The number of ketones is 3. The van der Waals surface area contributed by atoms with Gasteiger partial charge in [0, 0.05) is 64.9 Å². The van der Waals surface area contributed by atoms with Gasteiger partial charge in [-0.1, -0.05) is 71.1 Å². The summed E-state index contributed by atoms with van der Waals surface area (Å²) < 4.78 is 36.5. The van der Waals surface area contributed by atoms with Gasteiger partial charge in [-0.3, -0.25) is 23.7 Å². The van der Waals surface area contributed by atoms with Gasteiger partial charge < -0.3 is 64.6 Å². The number of anilines is 1. The molecular formula is C61H91ClN6O16. The van der Waals surface area contributed by atoms with Gasteiger partial charge in [0.05, 0.1) is 43.5 Å². The van der Waals surface area contributed by atoms with Gasteiger partial charge in [0.15, 0.2) is 17.2 Å². The Morgan fingerprint density at radius 2 is 1.61 bits per heavy atom. The fourth-order valence-electron chi connectivity index (χ4n) is 12.3. The minimum atomic E-state index is -2.43. The van der Waals surface area contributed by atoms with Crippen molar-refractivity contribution in [2.45, 2.75) is 205 Å². The fourth-order valence-corrected chi connectivity index (χ4v) is 12.5. The molecule has 3 saturated heterocycles. The number of imidazole rings is 1. The Bertz CT molecular complexity index is 2700. The number of nitrogens with zero attached hydrogens (tertiary/aromatic N) is 5. The molecule has 0 aromatic carbocycles. The number of allylic oxidation sites excluding steroid dienone is 6. The highest BCUT2D eigenvalue weighted by molar-refractivity contribution is 6.39. The van der Waals surface area contributed by atoms with E-state index in [-0.39, 0.29) is 72.5 Å². The Morgan fingerprint density at radius 3 is 2.29 bits per heavy atom. The second kappa shape index (κ2) is 31.2. The minimum absolute atomic E-state index is 0.0176. The number of fused-ring (bicyclic) bond motifs is 4. The van der Waals surface area contributed by atoms with Crippen molar-refractivity contribution in [3.8, 4) is 0 Å². The van der Waals surface area contributed by atoms with Gasteiger partial charge in [-0.15, -0.1) is 0 Å². The van der Waals surface area contributed by atoms with E-state index in [0.717, 1.165) is 12.0 Å².